The number of para-hydroxylation sites is 1. The van der Waals surface area contributed by atoms with E-state index in [2.05, 4.69) is 20.4 Å². The Balaban J connectivity index is 1.49. The zero-order chi connectivity index (χ0) is 15.6. The third-order valence-electron chi connectivity index (χ3n) is 3.80. The molecule has 0 spiro atoms. The fraction of sp³-hybridized carbons (Fsp3) is 0.118. The highest BCUT2D eigenvalue weighted by atomic mass is 16.6. The molecule has 3 aromatic rings. The van der Waals surface area contributed by atoms with Crippen molar-refractivity contribution in [2.75, 3.05) is 5.32 Å². The molecular weight excluding hydrogens is 292 g/mol. The van der Waals surface area contributed by atoms with Gasteiger partial charge in [-0.2, -0.15) is 0 Å². The monoisotopic (exact) mass is 306 g/mol. The Labute approximate surface area is 132 Å². The highest BCUT2D eigenvalue weighted by molar-refractivity contribution is 6.43. The SMILES string of the molecule is O=C(Nc1cccc2[nH]cnc12)C1=NOC(c2ccccc2)C1. The van der Waals surface area contributed by atoms with Gasteiger partial charge in [0.25, 0.3) is 5.91 Å². The molecule has 2 heterocycles. The first kappa shape index (κ1) is 13.5. The summed E-state index contributed by atoms with van der Waals surface area (Å²) in [4.78, 5) is 25.0. The van der Waals surface area contributed by atoms with Crippen LogP contribution in [-0.2, 0) is 9.63 Å². The first-order valence-electron chi connectivity index (χ1n) is 7.32. The van der Waals surface area contributed by atoms with Gasteiger partial charge in [0, 0.05) is 6.42 Å². The molecule has 0 fully saturated rings. The number of hydrogen-bond acceptors (Lipinski definition) is 4. The van der Waals surface area contributed by atoms with Crippen LogP contribution in [0, 0.1) is 0 Å². The molecule has 0 saturated heterocycles. The molecule has 0 bridgehead atoms. The van der Waals surface area contributed by atoms with Crippen molar-refractivity contribution in [2.24, 2.45) is 5.16 Å². The molecule has 6 nitrogen and oxygen atoms in total. The van der Waals surface area contributed by atoms with Crippen LogP contribution in [0.25, 0.3) is 11.0 Å². The van der Waals surface area contributed by atoms with Crippen molar-refractivity contribution in [1.82, 2.24) is 9.97 Å². The number of benzene rings is 2. The first-order chi connectivity index (χ1) is 11.3. The molecule has 1 unspecified atom stereocenters. The van der Waals surface area contributed by atoms with Gasteiger partial charge < -0.3 is 15.1 Å². The first-order valence-corrected chi connectivity index (χ1v) is 7.32. The predicted molar refractivity (Wildman–Crippen MR) is 87.0 cm³/mol. The molecule has 114 valence electrons. The summed E-state index contributed by atoms with van der Waals surface area (Å²) in [5.41, 5.74) is 3.63. The van der Waals surface area contributed by atoms with Gasteiger partial charge >= 0.3 is 0 Å². The van der Waals surface area contributed by atoms with E-state index in [0.29, 0.717) is 17.8 Å². The topological polar surface area (TPSA) is 79.4 Å². The number of H-pyrrole nitrogens is 1. The van der Waals surface area contributed by atoms with Gasteiger partial charge in [-0.3, -0.25) is 4.79 Å². The fourth-order valence-corrected chi connectivity index (χ4v) is 2.62. The normalized spacial score (nSPS) is 16.9. The summed E-state index contributed by atoms with van der Waals surface area (Å²) in [6.45, 7) is 0. The van der Waals surface area contributed by atoms with Gasteiger partial charge in [0.05, 0.1) is 17.5 Å². The van der Waals surface area contributed by atoms with Crippen molar-refractivity contribution in [3.05, 3.63) is 60.4 Å². The van der Waals surface area contributed by atoms with E-state index in [1.165, 1.54) is 0 Å². The summed E-state index contributed by atoms with van der Waals surface area (Å²) in [5.74, 6) is -0.265. The van der Waals surface area contributed by atoms with Crippen LogP contribution in [0.1, 0.15) is 18.1 Å². The van der Waals surface area contributed by atoms with E-state index in [0.717, 1.165) is 16.6 Å². The Morgan fingerprint density at radius 3 is 2.91 bits per heavy atom. The molecule has 1 atom stereocenters. The minimum Gasteiger partial charge on any atom is -0.387 e. The highest BCUT2D eigenvalue weighted by Gasteiger charge is 2.27. The van der Waals surface area contributed by atoms with Crippen molar-refractivity contribution in [3.63, 3.8) is 0 Å². The second-order valence-electron chi connectivity index (χ2n) is 5.31. The zero-order valence-corrected chi connectivity index (χ0v) is 12.2. The number of amides is 1. The standard InChI is InChI=1S/C17H14N4O2/c22-17(20-13-8-4-7-12-16(13)19-10-18-12)14-9-15(23-21-14)11-5-2-1-3-6-11/h1-8,10,15H,9H2,(H,18,19)(H,20,22). The van der Waals surface area contributed by atoms with Gasteiger partial charge in [-0.25, -0.2) is 4.98 Å². The van der Waals surface area contributed by atoms with E-state index in [-0.39, 0.29) is 12.0 Å². The second kappa shape index (κ2) is 5.57. The van der Waals surface area contributed by atoms with Crippen LogP contribution in [0.15, 0.2) is 60.0 Å². The summed E-state index contributed by atoms with van der Waals surface area (Å²) in [6.07, 6.45) is 1.84. The van der Waals surface area contributed by atoms with E-state index in [1.54, 1.807) is 6.33 Å². The van der Waals surface area contributed by atoms with Crippen molar-refractivity contribution in [1.29, 1.82) is 0 Å². The number of carbonyl (C=O) groups is 1. The lowest BCUT2D eigenvalue weighted by Gasteiger charge is -2.07. The largest absolute Gasteiger partial charge is 0.387 e. The van der Waals surface area contributed by atoms with Gasteiger partial charge in [0.15, 0.2) is 6.10 Å². The lowest BCUT2D eigenvalue weighted by molar-refractivity contribution is -0.110. The molecule has 2 aromatic carbocycles. The molecule has 1 aromatic heterocycles. The molecular formula is C17H14N4O2. The van der Waals surface area contributed by atoms with Gasteiger partial charge in [0.2, 0.25) is 0 Å². The molecule has 2 N–H and O–H groups in total. The number of anilines is 1. The van der Waals surface area contributed by atoms with Gasteiger partial charge in [0.1, 0.15) is 11.2 Å². The molecule has 1 aliphatic rings. The maximum atomic E-state index is 12.4. The van der Waals surface area contributed by atoms with Crippen molar-refractivity contribution >= 4 is 28.3 Å². The van der Waals surface area contributed by atoms with Crippen LogP contribution in [0.3, 0.4) is 0 Å². The minimum atomic E-state index is -0.265. The summed E-state index contributed by atoms with van der Waals surface area (Å²) in [7, 11) is 0. The molecule has 0 radical (unpaired) electrons. The molecule has 1 aliphatic heterocycles. The van der Waals surface area contributed by atoms with Gasteiger partial charge in [-0.1, -0.05) is 41.6 Å². The third-order valence-corrected chi connectivity index (χ3v) is 3.80. The van der Waals surface area contributed by atoms with Gasteiger partial charge in [-0.05, 0) is 17.7 Å². The average Bonchev–Trinajstić information content (AvgIpc) is 3.25. The van der Waals surface area contributed by atoms with E-state index in [4.69, 9.17) is 4.84 Å². The summed E-state index contributed by atoms with van der Waals surface area (Å²) >= 11 is 0. The minimum absolute atomic E-state index is 0.210. The van der Waals surface area contributed by atoms with Crippen LogP contribution < -0.4 is 5.32 Å². The Morgan fingerprint density at radius 1 is 1.17 bits per heavy atom. The number of aromatic nitrogens is 2. The zero-order valence-electron chi connectivity index (χ0n) is 12.2. The molecule has 1 amide bonds. The Bertz CT molecular complexity index is 886. The van der Waals surface area contributed by atoms with E-state index in [9.17, 15) is 4.79 Å². The number of aromatic amines is 1. The predicted octanol–water partition coefficient (Wildman–Crippen LogP) is 3.02. The summed E-state index contributed by atoms with van der Waals surface area (Å²) < 4.78 is 0. The summed E-state index contributed by atoms with van der Waals surface area (Å²) in [5, 5.41) is 6.79. The van der Waals surface area contributed by atoms with Crippen molar-refractivity contribution in [3.8, 4) is 0 Å². The van der Waals surface area contributed by atoms with Crippen LogP contribution in [-0.4, -0.2) is 21.6 Å². The van der Waals surface area contributed by atoms with Crippen LogP contribution in [0.4, 0.5) is 5.69 Å². The molecule has 0 saturated carbocycles. The Morgan fingerprint density at radius 2 is 2.04 bits per heavy atom. The smallest absolute Gasteiger partial charge is 0.273 e. The number of nitrogens with one attached hydrogen (secondary N) is 2. The van der Waals surface area contributed by atoms with E-state index < -0.39 is 0 Å². The number of imidazole rings is 1. The molecule has 0 aliphatic carbocycles. The maximum absolute atomic E-state index is 12.4. The number of fused-ring (bicyclic) bond motifs is 1. The number of oxime groups is 1. The number of carbonyl (C=O) groups excluding carboxylic acids is 1. The van der Waals surface area contributed by atoms with Gasteiger partial charge in [-0.15, -0.1) is 0 Å². The lowest BCUT2D eigenvalue weighted by Crippen LogP contribution is -2.22. The maximum Gasteiger partial charge on any atom is 0.273 e. The molecule has 23 heavy (non-hydrogen) atoms. The molecule has 6 heteroatoms. The van der Waals surface area contributed by atoms with Crippen molar-refractivity contribution in [2.45, 2.75) is 12.5 Å². The fourth-order valence-electron chi connectivity index (χ4n) is 2.62. The number of hydrogen-bond donors (Lipinski definition) is 2. The second-order valence-corrected chi connectivity index (χ2v) is 5.31. The van der Waals surface area contributed by atoms with Crippen molar-refractivity contribution < 1.29 is 9.63 Å². The van der Waals surface area contributed by atoms with Crippen LogP contribution >= 0.6 is 0 Å². The quantitative estimate of drug-likeness (QED) is 0.780. The number of rotatable bonds is 3. The van der Waals surface area contributed by atoms with E-state index >= 15 is 0 Å². The Kier molecular flexibility index (Phi) is 3.27. The van der Waals surface area contributed by atoms with Crippen LogP contribution in [0.2, 0.25) is 0 Å². The lowest BCUT2D eigenvalue weighted by atomic mass is 10.0. The highest BCUT2D eigenvalue weighted by Crippen LogP contribution is 2.27. The van der Waals surface area contributed by atoms with E-state index in [1.807, 2.05) is 48.5 Å². The average molecular weight is 306 g/mol. The Hall–Kier alpha value is -3.15. The third kappa shape index (κ3) is 2.55. The summed E-state index contributed by atoms with van der Waals surface area (Å²) in [6, 6.07) is 15.3. The van der Waals surface area contributed by atoms with Crippen LogP contribution in [0.5, 0.6) is 0 Å². The molecule has 4 rings (SSSR count). The number of nitrogens with zero attached hydrogens (tertiary/aromatic N) is 2.